The molecule has 0 aliphatic rings. The van der Waals surface area contributed by atoms with E-state index in [2.05, 4.69) is 56.6 Å². The minimum atomic E-state index is 0.0896. The first kappa shape index (κ1) is 13.0. The van der Waals surface area contributed by atoms with E-state index >= 15 is 0 Å². The van der Waals surface area contributed by atoms with Crippen molar-refractivity contribution < 1.29 is 0 Å². The zero-order valence-corrected chi connectivity index (χ0v) is 12.4. The number of nitrogens with one attached hydrogen (secondary N) is 2. The van der Waals surface area contributed by atoms with E-state index in [4.69, 9.17) is 0 Å². The van der Waals surface area contributed by atoms with Gasteiger partial charge in [0.05, 0.1) is 28.3 Å². The summed E-state index contributed by atoms with van der Waals surface area (Å²) in [6, 6.07) is 0.0896. The van der Waals surface area contributed by atoms with Gasteiger partial charge in [0.1, 0.15) is 12.1 Å². The Morgan fingerprint density at radius 3 is 2.85 bits per heavy atom. The van der Waals surface area contributed by atoms with Crippen molar-refractivity contribution in [3.05, 3.63) is 28.6 Å². The normalized spacial score (nSPS) is 13.0. The van der Waals surface area contributed by atoms with Crippen molar-refractivity contribution in [1.82, 2.24) is 25.1 Å². The quantitative estimate of drug-likeness (QED) is 0.771. The summed E-state index contributed by atoms with van der Waals surface area (Å²) in [7, 11) is 0. The van der Waals surface area contributed by atoms with E-state index in [-0.39, 0.29) is 6.04 Å². The topological polar surface area (TPSA) is 79.4 Å². The number of nitrogens with zero attached hydrogens (tertiary/aromatic N) is 4. The van der Waals surface area contributed by atoms with Gasteiger partial charge in [-0.3, -0.25) is 5.10 Å². The lowest BCUT2D eigenvalue weighted by Gasteiger charge is -2.12. The van der Waals surface area contributed by atoms with Crippen LogP contribution in [0.2, 0.25) is 0 Å². The fourth-order valence-electron chi connectivity index (χ4n) is 1.92. The molecule has 20 heavy (non-hydrogen) atoms. The van der Waals surface area contributed by atoms with Crippen molar-refractivity contribution in [2.24, 2.45) is 0 Å². The zero-order chi connectivity index (χ0) is 14.1. The Hall–Kier alpha value is -2.02. The molecule has 0 aromatic carbocycles. The lowest BCUT2D eigenvalue weighted by Crippen LogP contribution is -2.09. The molecule has 0 unspecified atom stereocenters. The van der Waals surface area contributed by atoms with Crippen molar-refractivity contribution >= 4 is 28.2 Å². The van der Waals surface area contributed by atoms with E-state index in [1.165, 1.54) is 6.33 Å². The van der Waals surface area contributed by atoms with Crippen LogP contribution in [0.25, 0.3) is 11.0 Å². The van der Waals surface area contributed by atoms with Gasteiger partial charge in [-0.1, -0.05) is 13.8 Å². The van der Waals surface area contributed by atoms with Gasteiger partial charge in [0.15, 0.2) is 5.65 Å². The molecule has 0 saturated heterocycles. The van der Waals surface area contributed by atoms with Crippen molar-refractivity contribution in [3.8, 4) is 0 Å². The number of thiazole rings is 1. The summed E-state index contributed by atoms with van der Waals surface area (Å²) in [5.74, 6) is 1.23. The summed E-state index contributed by atoms with van der Waals surface area (Å²) in [6.45, 7) is 6.38. The standard InChI is InChI=1S/C13H16N6S/c1-7(2)13-18-10(5-20-13)8(3)17-11-9-4-16-19-12(9)15-6-14-11/h4-8H,1-3H3,(H2,14,15,16,17,19)/t8-/m0/s1. The summed E-state index contributed by atoms with van der Waals surface area (Å²) in [5.41, 5.74) is 1.77. The molecule has 0 aliphatic heterocycles. The molecule has 0 saturated carbocycles. The lowest BCUT2D eigenvalue weighted by molar-refractivity contribution is 0.799. The SMILES string of the molecule is CC(C)c1nc([C@H](C)Nc2ncnc3[nH]ncc23)cs1. The molecule has 0 spiro atoms. The number of aromatic nitrogens is 5. The summed E-state index contributed by atoms with van der Waals surface area (Å²) >= 11 is 1.70. The Morgan fingerprint density at radius 2 is 2.10 bits per heavy atom. The molecule has 0 aliphatic carbocycles. The van der Waals surface area contributed by atoms with Gasteiger partial charge < -0.3 is 5.32 Å². The number of H-pyrrole nitrogens is 1. The van der Waals surface area contributed by atoms with E-state index in [9.17, 15) is 0 Å². The average Bonchev–Trinajstić information content (AvgIpc) is 3.08. The number of hydrogen-bond donors (Lipinski definition) is 2. The van der Waals surface area contributed by atoms with Crippen LogP contribution in [0, 0.1) is 0 Å². The third-order valence-corrected chi connectivity index (χ3v) is 4.24. The monoisotopic (exact) mass is 288 g/mol. The number of fused-ring (bicyclic) bond motifs is 1. The van der Waals surface area contributed by atoms with Crippen LogP contribution in [-0.4, -0.2) is 25.1 Å². The summed E-state index contributed by atoms with van der Waals surface area (Å²) in [5, 5.41) is 14.3. The van der Waals surface area contributed by atoms with E-state index in [1.807, 2.05) is 0 Å². The van der Waals surface area contributed by atoms with Gasteiger partial charge in [-0.15, -0.1) is 11.3 Å². The van der Waals surface area contributed by atoms with Gasteiger partial charge in [0.25, 0.3) is 0 Å². The maximum Gasteiger partial charge on any atom is 0.160 e. The van der Waals surface area contributed by atoms with Gasteiger partial charge in [0.2, 0.25) is 0 Å². The van der Waals surface area contributed by atoms with Crippen LogP contribution in [0.1, 0.15) is 43.4 Å². The van der Waals surface area contributed by atoms with E-state index < -0.39 is 0 Å². The largest absolute Gasteiger partial charge is 0.361 e. The molecule has 0 amide bonds. The Morgan fingerprint density at radius 1 is 1.25 bits per heavy atom. The smallest absolute Gasteiger partial charge is 0.160 e. The predicted molar refractivity (Wildman–Crippen MR) is 79.9 cm³/mol. The van der Waals surface area contributed by atoms with Gasteiger partial charge >= 0.3 is 0 Å². The second-order valence-electron chi connectivity index (χ2n) is 4.99. The highest BCUT2D eigenvalue weighted by molar-refractivity contribution is 7.09. The Kier molecular flexibility index (Phi) is 3.35. The third kappa shape index (κ3) is 2.36. The van der Waals surface area contributed by atoms with Crippen LogP contribution < -0.4 is 5.32 Å². The van der Waals surface area contributed by atoms with Crippen LogP contribution in [0.4, 0.5) is 5.82 Å². The molecule has 7 heteroatoms. The summed E-state index contributed by atoms with van der Waals surface area (Å²) < 4.78 is 0. The first-order valence-corrected chi connectivity index (χ1v) is 7.39. The number of hydrogen-bond acceptors (Lipinski definition) is 6. The minimum Gasteiger partial charge on any atom is -0.361 e. The van der Waals surface area contributed by atoms with Crippen molar-refractivity contribution in [3.63, 3.8) is 0 Å². The minimum absolute atomic E-state index is 0.0896. The summed E-state index contributed by atoms with van der Waals surface area (Å²) in [4.78, 5) is 13.1. The molecule has 6 nitrogen and oxygen atoms in total. The van der Waals surface area contributed by atoms with Crippen molar-refractivity contribution in [1.29, 1.82) is 0 Å². The van der Waals surface area contributed by atoms with Crippen LogP contribution in [0.3, 0.4) is 0 Å². The second-order valence-corrected chi connectivity index (χ2v) is 5.88. The molecule has 104 valence electrons. The maximum absolute atomic E-state index is 4.66. The predicted octanol–water partition coefficient (Wildman–Crippen LogP) is 3.11. The highest BCUT2D eigenvalue weighted by Gasteiger charge is 2.14. The van der Waals surface area contributed by atoms with E-state index in [1.54, 1.807) is 17.5 Å². The second kappa shape index (κ2) is 5.16. The zero-order valence-electron chi connectivity index (χ0n) is 11.6. The van der Waals surface area contributed by atoms with Crippen LogP contribution in [0.15, 0.2) is 17.9 Å². The molecular weight excluding hydrogens is 272 g/mol. The van der Waals surface area contributed by atoms with Crippen LogP contribution >= 0.6 is 11.3 Å². The first-order valence-electron chi connectivity index (χ1n) is 6.51. The van der Waals surface area contributed by atoms with Crippen LogP contribution in [0.5, 0.6) is 0 Å². The van der Waals surface area contributed by atoms with Gasteiger partial charge in [0, 0.05) is 11.3 Å². The van der Waals surface area contributed by atoms with E-state index in [0.717, 1.165) is 27.6 Å². The first-order chi connectivity index (χ1) is 9.65. The number of aromatic amines is 1. The highest BCUT2D eigenvalue weighted by Crippen LogP contribution is 2.26. The van der Waals surface area contributed by atoms with E-state index in [0.29, 0.717) is 5.92 Å². The Balaban J connectivity index is 1.84. The van der Waals surface area contributed by atoms with Gasteiger partial charge in [-0.25, -0.2) is 15.0 Å². The lowest BCUT2D eigenvalue weighted by atomic mass is 10.2. The maximum atomic E-state index is 4.66. The summed E-state index contributed by atoms with van der Waals surface area (Å²) in [6.07, 6.45) is 3.25. The third-order valence-electron chi connectivity index (χ3n) is 3.08. The number of rotatable bonds is 4. The number of anilines is 1. The molecule has 0 fully saturated rings. The van der Waals surface area contributed by atoms with Gasteiger partial charge in [-0.05, 0) is 6.92 Å². The molecule has 3 aromatic rings. The molecule has 3 rings (SSSR count). The fraction of sp³-hybridized carbons (Fsp3) is 0.385. The molecule has 0 bridgehead atoms. The molecule has 2 N–H and O–H groups in total. The van der Waals surface area contributed by atoms with Gasteiger partial charge in [-0.2, -0.15) is 5.10 Å². The average molecular weight is 288 g/mol. The molecule has 1 atom stereocenters. The Bertz CT molecular complexity index is 716. The molecular formula is C13H16N6S. The van der Waals surface area contributed by atoms with Crippen LogP contribution in [-0.2, 0) is 0 Å². The van der Waals surface area contributed by atoms with Crippen molar-refractivity contribution in [2.45, 2.75) is 32.7 Å². The molecule has 3 heterocycles. The van der Waals surface area contributed by atoms with Crippen molar-refractivity contribution in [2.75, 3.05) is 5.32 Å². The molecule has 3 aromatic heterocycles. The highest BCUT2D eigenvalue weighted by atomic mass is 32.1. The fourth-order valence-corrected chi connectivity index (χ4v) is 2.85. The Labute approximate surface area is 120 Å². The molecule has 0 radical (unpaired) electrons.